The van der Waals surface area contributed by atoms with Gasteiger partial charge in [-0.25, -0.2) is 0 Å². The molecule has 2 aromatic rings. The molecule has 32 heavy (non-hydrogen) atoms. The Kier molecular flexibility index (Phi) is 10.1. The molecule has 5 heteroatoms. The van der Waals surface area contributed by atoms with Crippen LogP contribution in [0.15, 0.2) is 53.7 Å². The van der Waals surface area contributed by atoms with Crippen molar-refractivity contribution in [3.8, 4) is 17.2 Å². The Balaban J connectivity index is 1.86. The van der Waals surface area contributed by atoms with E-state index in [1.807, 2.05) is 62.4 Å². The highest BCUT2D eigenvalue weighted by Crippen LogP contribution is 2.30. The van der Waals surface area contributed by atoms with Gasteiger partial charge in [0.05, 0.1) is 17.9 Å². The summed E-state index contributed by atoms with van der Waals surface area (Å²) in [6.07, 6.45) is 5.95. The first-order valence-electron chi connectivity index (χ1n) is 11.2. The van der Waals surface area contributed by atoms with Crippen molar-refractivity contribution >= 4 is 5.71 Å². The van der Waals surface area contributed by atoms with Gasteiger partial charge in [-0.2, -0.15) is 0 Å². The fourth-order valence-corrected chi connectivity index (χ4v) is 3.41. The highest BCUT2D eigenvalue weighted by molar-refractivity contribution is 5.98. The molecule has 0 bridgehead atoms. The van der Waals surface area contributed by atoms with Crippen LogP contribution in [0.3, 0.4) is 0 Å². The summed E-state index contributed by atoms with van der Waals surface area (Å²) in [5.74, 6) is 2.66. The minimum atomic E-state index is 0.0866. The van der Waals surface area contributed by atoms with E-state index in [-0.39, 0.29) is 12.2 Å². The second-order valence-corrected chi connectivity index (χ2v) is 8.08. The predicted octanol–water partition coefficient (Wildman–Crippen LogP) is 6.64. The summed E-state index contributed by atoms with van der Waals surface area (Å²) >= 11 is 0. The van der Waals surface area contributed by atoms with Crippen LogP contribution in [0.25, 0.3) is 0 Å². The molecule has 0 spiro atoms. The van der Waals surface area contributed by atoms with E-state index in [4.69, 9.17) is 19.0 Å². The van der Waals surface area contributed by atoms with Crippen LogP contribution in [0.1, 0.15) is 57.2 Å². The van der Waals surface area contributed by atoms with Gasteiger partial charge in [-0.05, 0) is 107 Å². The molecule has 0 radical (unpaired) electrons. The number of ether oxygens (including phenoxy) is 3. The van der Waals surface area contributed by atoms with Gasteiger partial charge in [0.1, 0.15) is 31.0 Å². The van der Waals surface area contributed by atoms with Crippen LogP contribution in [0.5, 0.6) is 17.2 Å². The zero-order valence-electron chi connectivity index (χ0n) is 20.5. The van der Waals surface area contributed by atoms with E-state index in [1.165, 1.54) is 0 Å². The van der Waals surface area contributed by atoms with E-state index in [0.29, 0.717) is 6.61 Å². The molecule has 2 rings (SSSR count). The van der Waals surface area contributed by atoms with Crippen LogP contribution in [0.4, 0.5) is 0 Å². The molecule has 0 aliphatic rings. The first kappa shape index (κ1) is 25.3. The van der Waals surface area contributed by atoms with Crippen molar-refractivity contribution in [1.29, 1.82) is 0 Å². The number of rotatable bonds is 12. The molecule has 0 heterocycles. The third-order valence-corrected chi connectivity index (χ3v) is 5.15. The van der Waals surface area contributed by atoms with Crippen molar-refractivity contribution in [2.45, 2.75) is 66.6 Å². The van der Waals surface area contributed by atoms with Crippen LogP contribution in [-0.4, -0.2) is 31.6 Å². The fraction of sp³-hybridized carbons (Fsp3) is 0.444. The normalized spacial score (nSPS) is 13.7. The zero-order chi connectivity index (χ0) is 23.5. The summed E-state index contributed by atoms with van der Waals surface area (Å²) in [5.41, 5.74) is 4.02. The second-order valence-electron chi connectivity index (χ2n) is 8.08. The third kappa shape index (κ3) is 7.95. The van der Waals surface area contributed by atoms with Crippen LogP contribution < -0.4 is 14.2 Å². The molecule has 0 saturated carbocycles. The van der Waals surface area contributed by atoms with Gasteiger partial charge in [-0.1, -0.05) is 17.3 Å². The minimum absolute atomic E-state index is 0.0866. The number of hydrogen-bond acceptors (Lipinski definition) is 5. The molecule has 5 nitrogen and oxygen atoms in total. The Morgan fingerprint density at radius 1 is 0.938 bits per heavy atom. The number of aryl methyl sites for hydroxylation is 2. The largest absolute Gasteiger partial charge is 0.491 e. The van der Waals surface area contributed by atoms with Crippen molar-refractivity contribution in [3.63, 3.8) is 0 Å². The van der Waals surface area contributed by atoms with Gasteiger partial charge in [0.25, 0.3) is 0 Å². The molecule has 2 aromatic carbocycles. The molecule has 0 aromatic heterocycles. The lowest BCUT2D eigenvalue weighted by molar-refractivity contribution is 0.159. The first-order valence-corrected chi connectivity index (χ1v) is 11.2. The minimum Gasteiger partial charge on any atom is -0.491 e. The summed E-state index contributed by atoms with van der Waals surface area (Å²) in [6.45, 7) is 12.8. The molecule has 0 N–H and O–H groups in total. The SMILES string of the molecule is C/C=C/COc1cc(C)c(OC(C)CCC(C)Oc2ccc(/C(C)=N/OC)cc2)c(C)c1. The predicted molar refractivity (Wildman–Crippen MR) is 131 cm³/mol. The van der Waals surface area contributed by atoms with Crippen molar-refractivity contribution in [2.24, 2.45) is 5.16 Å². The van der Waals surface area contributed by atoms with Gasteiger partial charge in [-0.15, -0.1) is 0 Å². The monoisotopic (exact) mass is 439 g/mol. The first-order chi connectivity index (χ1) is 15.3. The van der Waals surface area contributed by atoms with Crippen LogP contribution in [0.2, 0.25) is 0 Å². The number of allylic oxidation sites excluding steroid dienone is 1. The molecule has 2 atom stereocenters. The molecular weight excluding hydrogens is 402 g/mol. The maximum absolute atomic E-state index is 6.27. The summed E-state index contributed by atoms with van der Waals surface area (Å²) in [5, 5.41) is 3.95. The summed E-state index contributed by atoms with van der Waals surface area (Å²) < 4.78 is 18.1. The standard InChI is InChI=1S/C27H37NO4/c1-8-9-16-30-26-17-19(2)27(20(3)18-26)32-22(5)11-10-21(4)31-25-14-12-24(13-15-25)23(6)28-29-7/h8-9,12-15,17-18,21-22H,10-11,16H2,1-7H3/b9-8+,28-23+. The van der Waals surface area contributed by atoms with Crippen molar-refractivity contribution < 1.29 is 19.0 Å². The molecule has 0 fully saturated rings. The van der Waals surface area contributed by atoms with E-state index >= 15 is 0 Å². The van der Waals surface area contributed by atoms with E-state index in [1.54, 1.807) is 7.11 Å². The average Bonchev–Trinajstić information content (AvgIpc) is 2.76. The summed E-state index contributed by atoms with van der Waals surface area (Å²) in [6, 6.07) is 12.0. The van der Waals surface area contributed by atoms with Gasteiger partial charge in [0, 0.05) is 0 Å². The topological polar surface area (TPSA) is 49.3 Å². The Bertz CT molecular complexity index is 879. The van der Waals surface area contributed by atoms with Crippen LogP contribution in [-0.2, 0) is 4.84 Å². The lowest BCUT2D eigenvalue weighted by Crippen LogP contribution is -2.19. The van der Waals surface area contributed by atoms with Crippen LogP contribution >= 0.6 is 0 Å². The van der Waals surface area contributed by atoms with Crippen molar-refractivity contribution in [2.75, 3.05) is 13.7 Å². The quantitative estimate of drug-likeness (QED) is 0.211. The number of oxime groups is 1. The number of nitrogens with zero attached hydrogens (tertiary/aromatic N) is 1. The highest BCUT2D eigenvalue weighted by Gasteiger charge is 2.13. The zero-order valence-corrected chi connectivity index (χ0v) is 20.5. The third-order valence-electron chi connectivity index (χ3n) is 5.15. The molecule has 0 saturated heterocycles. The average molecular weight is 440 g/mol. The van der Waals surface area contributed by atoms with Gasteiger partial charge < -0.3 is 19.0 Å². The smallest absolute Gasteiger partial charge is 0.125 e. The summed E-state index contributed by atoms with van der Waals surface area (Å²) in [7, 11) is 1.55. The van der Waals surface area contributed by atoms with Gasteiger partial charge in [-0.3, -0.25) is 0 Å². The van der Waals surface area contributed by atoms with Gasteiger partial charge in [0.2, 0.25) is 0 Å². The molecule has 2 unspecified atom stereocenters. The molecule has 174 valence electrons. The fourth-order valence-electron chi connectivity index (χ4n) is 3.41. The second kappa shape index (κ2) is 12.8. The number of benzene rings is 2. The molecule has 0 amide bonds. The maximum atomic E-state index is 6.27. The molecular formula is C27H37NO4. The highest BCUT2D eigenvalue weighted by atomic mass is 16.6. The molecule has 0 aliphatic carbocycles. The van der Waals surface area contributed by atoms with E-state index in [2.05, 4.69) is 32.9 Å². The Morgan fingerprint density at radius 3 is 2.09 bits per heavy atom. The van der Waals surface area contributed by atoms with Gasteiger partial charge >= 0.3 is 0 Å². The van der Waals surface area contributed by atoms with E-state index in [0.717, 1.165) is 52.5 Å². The number of hydrogen-bond donors (Lipinski definition) is 0. The van der Waals surface area contributed by atoms with Crippen molar-refractivity contribution in [1.82, 2.24) is 0 Å². The Hall–Kier alpha value is -2.95. The van der Waals surface area contributed by atoms with Gasteiger partial charge in [0.15, 0.2) is 0 Å². The van der Waals surface area contributed by atoms with Crippen LogP contribution in [0, 0.1) is 13.8 Å². The lowest BCUT2D eigenvalue weighted by Gasteiger charge is -2.21. The maximum Gasteiger partial charge on any atom is 0.125 e. The Morgan fingerprint density at radius 2 is 1.53 bits per heavy atom. The Labute approximate surface area is 193 Å². The van der Waals surface area contributed by atoms with E-state index < -0.39 is 0 Å². The van der Waals surface area contributed by atoms with Crippen molar-refractivity contribution in [3.05, 3.63) is 65.2 Å². The summed E-state index contributed by atoms with van der Waals surface area (Å²) in [4.78, 5) is 4.83. The molecule has 0 aliphatic heterocycles. The lowest BCUT2D eigenvalue weighted by atomic mass is 10.1. The van der Waals surface area contributed by atoms with E-state index in [9.17, 15) is 0 Å².